The van der Waals surface area contributed by atoms with E-state index in [1.54, 1.807) is 0 Å². The van der Waals surface area contributed by atoms with Gasteiger partial charge in [0.15, 0.2) is 5.13 Å². The average Bonchev–Trinajstić information content (AvgIpc) is 2.98. The van der Waals surface area contributed by atoms with E-state index in [9.17, 15) is 4.79 Å². The van der Waals surface area contributed by atoms with Gasteiger partial charge in [0.1, 0.15) is 0 Å². The summed E-state index contributed by atoms with van der Waals surface area (Å²) >= 11 is 1.41. The van der Waals surface area contributed by atoms with E-state index >= 15 is 0 Å². The third kappa shape index (κ3) is 2.56. The van der Waals surface area contributed by atoms with Gasteiger partial charge < -0.3 is 11.1 Å². The molecule has 0 aliphatic heterocycles. The molecule has 1 fully saturated rings. The lowest BCUT2D eigenvalue weighted by atomic mass is 10.2. The Bertz CT molecular complexity index is 622. The lowest BCUT2D eigenvalue weighted by Gasteiger charge is -2.04. The number of amides is 1. The maximum absolute atomic E-state index is 12.1. The molecule has 4 nitrogen and oxygen atoms in total. The van der Waals surface area contributed by atoms with E-state index in [4.69, 9.17) is 5.73 Å². The number of nitrogen functional groups attached to an aromatic ring is 1. The van der Waals surface area contributed by atoms with Crippen molar-refractivity contribution in [2.24, 2.45) is 5.92 Å². The Morgan fingerprint density at radius 1 is 1.58 bits per heavy atom. The molecule has 1 aliphatic rings. The Morgan fingerprint density at radius 2 is 2.42 bits per heavy atom. The fraction of sp³-hybridized carbons (Fsp3) is 0.429. The third-order valence-corrected chi connectivity index (χ3v) is 4.41. The summed E-state index contributed by atoms with van der Waals surface area (Å²) in [4.78, 5) is 16.3. The van der Waals surface area contributed by atoms with Crippen LogP contribution in [0.3, 0.4) is 0 Å². The van der Waals surface area contributed by atoms with Crippen LogP contribution in [-0.4, -0.2) is 16.9 Å². The van der Waals surface area contributed by atoms with Crippen LogP contribution < -0.4 is 11.1 Å². The Kier molecular flexibility index (Phi) is 3.14. The molecular formula is C14H17N3OS. The lowest BCUT2D eigenvalue weighted by molar-refractivity contribution is 0.0949. The molecule has 1 aromatic heterocycles. The highest BCUT2D eigenvalue weighted by Crippen LogP contribution is 2.34. The van der Waals surface area contributed by atoms with E-state index in [2.05, 4.69) is 17.2 Å². The van der Waals surface area contributed by atoms with E-state index < -0.39 is 0 Å². The number of carbonyl (C=O) groups is 1. The summed E-state index contributed by atoms with van der Waals surface area (Å²) in [6, 6.07) is 5.91. The largest absolute Gasteiger partial charge is 0.375 e. The number of hydrogen-bond acceptors (Lipinski definition) is 4. The minimum atomic E-state index is 0.0116. The predicted molar refractivity (Wildman–Crippen MR) is 78.3 cm³/mol. The molecule has 1 saturated carbocycles. The molecule has 0 spiro atoms. The summed E-state index contributed by atoms with van der Waals surface area (Å²) in [6.45, 7) is 2.18. The average molecular weight is 275 g/mol. The molecule has 0 bridgehead atoms. The highest BCUT2D eigenvalue weighted by atomic mass is 32.1. The molecule has 1 amide bonds. The smallest absolute Gasteiger partial charge is 0.251 e. The number of rotatable bonds is 4. The maximum Gasteiger partial charge on any atom is 0.251 e. The second-order valence-electron chi connectivity index (χ2n) is 5.10. The van der Waals surface area contributed by atoms with Crippen molar-refractivity contribution < 1.29 is 4.79 Å². The first-order valence-electron chi connectivity index (χ1n) is 6.64. The lowest BCUT2D eigenvalue weighted by Crippen LogP contribution is -2.26. The van der Waals surface area contributed by atoms with Crippen LogP contribution in [0.2, 0.25) is 0 Å². The van der Waals surface area contributed by atoms with Crippen LogP contribution in [0.5, 0.6) is 0 Å². The normalized spacial score (nSPS) is 21.5. The molecule has 2 atom stereocenters. The first-order chi connectivity index (χ1) is 9.17. The van der Waals surface area contributed by atoms with E-state index in [1.807, 2.05) is 18.2 Å². The van der Waals surface area contributed by atoms with Crippen molar-refractivity contribution in [2.45, 2.75) is 32.2 Å². The molecule has 19 heavy (non-hydrogen) atoms. The number of hydrogen-bond donors (Lipinski definition) is 2. The number of nitrogens with zero attached hydrogens (tertiary/aromatic N) is 1. The van der Waals surface area contributed by atoms with Crippen molar-refractivity contribution in [3.8, 4) is 0 Å². The fourth-order valence-corrected chi connectivity index (χ4v) is 3.22. The van der Waals surface area contributed by atoms with Gasteiger partial charge in [0.25, 0.3) is 5.91 Å². The summed E-state index contributed by atoms with van der Waals surface area (Å²) < 4.78 is 0.964. The van der Waals surface area contributed by atoms with Gasteiger partial charge in [0.2, 0.25) is 0 Å². The molecule has 1 aliphatic carbocycles. The van der Waals surface area contributed by atoms with E-state index in [0.717, 1.165) is 16.6 Å². The van der Waals surface area contributed by atoms with Crippen molar-refractivity contribution in [1.29, 1.82) is 0 Å². The molecule has 0 radical (unpaired) electrons. The van der Waals surface area contributed by atoms with Gasteiger partial charge in [-0.3, -0.25) is 4.79 Å². The summed E-state index contributed by atoms with van der Waals surface area (Å²) in [7, 11) is 0. The van der Waals surface area contributed by atoms with Gasteiger partial charge in [-0.25, -0.2) is 4.98 Å². The second kappa shape index (κ2) is 4.81. The van der Waals surface area contributed by atoms with Crippen molar-refractivity contribution in [2.75, 3.05) is 5.73 Å². The molecule has 1 heterocycles. The summed E-state index contributed by atoms with van der Waals surface area (Å²) in [6.07, 6.45) is 3.51. The molecule has 2 unspecified atom stereocenters. The molecule has 100 valence electrons. The maximum atomic E-state index is 12.1. The second-order valence-corrected chi connectivity index (χ2v) is 6.16. The summed E-state index contributed by atoms with van der Waals surface area (Å²) in [5.41, 5.74) is 7.21. The number of nitrogens with two attached hydrogens (primary N) is 1. The first kappa shape index (κ1) is 12.4. The third-order valence-electron chi connectivity index (χ3n) is 3.57. The number of thiazole rings is 1. The topological polar surface area (TPSA) is 68.0 Å². The van der Waals surface area contributed by atoms with Crippen LogP contribution in [0.25, 0.3) is 10.2 Å². The fourth-order valence-electron chi connectivity index (χ4n) is 2.45. The Hall–Kier alpha value is -1.62. The monoisotopic (exact) mass is 275 g/mol. The standard InChI is InChI=1S/C14H17N3OS/c1-2-3-8-6-11(8)16-13(18)9-4-5-10-12(7-9)19-14(15)17-10/h4-5,7-8,11H,2-3,6H2,1H3,(H2,15,17)(H,16,18). The van der Waals surface area contributed by atoms with Gasteiger partial charge in [0.05, 0.1) is 10.2 Å². The van der Waals surface area contributed by atoms with E-state index in [-0.39, 0.29) is 5.91 Å². The van der Waals surface area contributed by atoms with Gasteiger partial charge >= 0.3 is 0 Å². The van der Waals surface area contributed by atoms with Gasteiger partial charge in [-0.15, -0.1) is 0 Å². The number of fused-ring (bicyclic) bond motifs is 1. The summed E-state index contributed by atoms with van der Waals surface area (Å²) in [5.74, 6) is 0.689. The number of aromatic nitrogens is 1. The van der Waals surface area contributed by atoms with Gasteiger partial charge in [0, 0.05) is 11.6 Å². The molecule has 0 saturated heterocycles. The molecular weight excluding hydrogens is 258 g/mol. The predicted octanol–water partition coefficient (Wildman–Crippen LogP) is 2.80. The van der Waals surface area contributed by atoms with Crippen LogP contribution in [-0.2, 0) is 0 Å². The minimum Gasteiger partial charge on any atom is -0.375 e. The highest BCUT2D eigenvalue weighted by Gasteiger charge is 2.37. The van der Waals surface area contributed by atoms with Crippen molar-refractivity contribution in [1.82, 2.24) is 10.3 Å². The van der Waals surface area contributed by atoms with Crippen molar-refractivity contribution in [3.05, 3.63) is 23.8 Å². The number of anilines is 1. The van der Waals surface area contributed by atoms with Crippen molar-refractivity contribution >= 4 is 32.6 Å². The van der Waals surface area contributed by atoms with E-state index in [0.29, 0.717) is 22.7 Å². The number of benzene rings is 1. The molecule has 1 aromatic carbocycles. The van der Waals surface area contributed by atoms with Crippen LogP contribution >= 0.6 is 11.3 Å². The molecule has 3 N–H and O–H groups in total. The van der Waals surface area contributed by atoms with Crippen LogP contribution in [0.4, 0.5) is 5.13 Å². The first-order valence-corrected chi connectivity index (χ1v) is 7.46. The Morgan fingerprint density at radius 3 is 3.21 bits per heavy atom. The molecule has 2 aromatic rings. The SMILES string of the molecule is CCCC1CC1NC(=O)c1ccc2nc(N)sc2c1. The van der Waals surface area contributed by atoms with Crippen LogP contribution in [0.1, 0.15) is 36.5 Å². The highest BCUT2D eigenvalue weighted by molar-refractivity contribution is 7.22. The van der Waals surface area contributed by atoms with Crippen molar-refractivity contribution in [3.63, 3.8) is 0 Å². The van der Waals surface area contributed by atoms with Gasteiger partial charge in [-0.2, -0.15) is 0 Å². The molecule has 3 rings (SSSR count). The zero-order valence-corrected chi connectivity index (χ0v) is 11.7. The molecule has 5 heteroatoms. The summed E-state index contributed by atoms with van der Waals surface area (Å²) in [5, 5.41) is 3.63. The zero-order chi connectivity index (χ0) is 13.4. The number of nitrogens with one attached hydrogen (secondary N) is 1. The Labute approximate surface area is 116 Å². The Balaban J connectivity index is 1.71. The van der Waals surface area contributed by atoms with Gasteiger partial charge in [-0.05, 0) is 37.0 Å². The van der Waals surface area contributed by atoms with E-state index in [1.165, 1.54) is 24.2 Å². The quantitative estimate of drug-likeness (QED) is 0.901. The minimum absolute atomic E-state index is 0.0116. The van der Waals surface area contributed by atoms with Crippen LogP contribution in [0.15, 0.2) is 18.2 Å². The van der Waals surface area contributed by atoms with Crippen LogP contribution in [0, 0.1) is 5.92 Å². The zero-order valence-electron chi connectivity index (χ0n) is 10.8. The van der Waals surface area contributed by atoms with Gasteiger partial charge in [-0.1, -0.05) is 24.7 Å². The number of carbonyl (C=O) groups excluding carboxylic acids is 1.